The normalized spacial score (nSPS) is 15.7. The number of benzene rings is 1. The van der Waals surface area contributed by atoms with Crippen molar-refractivity contribution in [2.45, 2.75) is 26.4 Å². The molecule has 1 fully saturated rings. The number of aryl methyl sites for hydroxylation is 1. The fourth-order valence-electron chi connectivity index (χ4n) is 3.87. The SMILES string of the molecule is CCn1c(C(=O)OC)c(NC(=O)C2CCOC2)c2cc(NCc3ccccc3Cl)cnc21. The molecule has 168 valence electrons. The molecule has 9 heteroatoms. The van der Waals surface area contributed by atoms with Crippen LogP contribution in [-0.2, 0) is 27.4 Å². The van der Waals surface area contributed by atoms with E-state index in [1.807, 2.05) is 37.3 Å². The summed E-state index contributed by atoms with van der Waals surface area (Å²) in [5.41, 5.74) is 2.95. The van der Waals surface area contributed by atoms with Crippen LogP contribution >= 0.6 is 11.6 Å². The van der Waals surface area contributed by atoms with E-state index in [0.29, 0.717) is 54.5 Å². The van der Waals surface area contributed by atoms with Gasteiger partial charge in [-0.05, 0) is 31.0 Å². The van der Waals surface area contributed by atoms with Crippen LogP contribution in [0.2, 0.25) is 5.02 Å². The predicted molar refractivity (Wildman–Crippen MR) is 123 cm³/mol. The molecule has 0 aliphatic carbocycles. The first-order valence-electron chi connectivity index (χ1n) is 10.5. The maximum atomic E-state index is 12.8. The van der Waals surface area contributed by atoms with Gasteiger partial charge in [-0.1, -0.05) is 29.8 Å². The largest absolute Gasteiger partial charge is 0.464 e. The number of ether oxygens (including phenoxy) is 2. The molecule has 1 aliphatic heterocycles. The van der Waals surface area contributed by atoms with E-state index in [-0.39, 0.29) is 17.5 Å². The number of fused-ring (bicyclic) bond motifs is 1. The maximum absolute atomic E-state index is 12.8. The first kappa shape index (κ1) is 22.1. The number of hydrogen-bond donors (Lipinski definition) is 2. The molecule has 0 bridgehead atoms. The number of nitrogens with one attached hydrogen (secondary N) is 2. The molecular weight excluding hydrogens is 432 g/mol. The molecule has 1 amide bonds. The summed E-state index contributed by atoms with van der Waals surface area (Å²) in [5.74, 6) is -0.972. The van der Waals surface area contributed by atoms with Gasteiger partial charge in [0, 0.05) is 30.1 Å². The van der Waals surface area contributed by atoms with E-state index < -0.39 is 5.97 Å². The first-order chi connectivity index (χ1) is 15.5. The minimum absolute atomic E-state index is 0.183. The van der Waals surface area contributed by atoms with Gasteiger partial charge in [0.05, 0.1) is 37.2 Å². The summed E-state index contributed by atoms with van der Waals surface area (Å²) in [5, 5.41) is 7.59. The first-order valence-corrected chi connectivity index (χ1v) is 10.9. The number of anilines is 2. The third-order valence-electron chi connectivity index (χ3n) is 5.58. The Bertz CT molecular complexity index is 1150. The molecule has 0 saturated carbocycles. The second kappa shape index (κ2) is 9.58. The van der Waals surface area contributed by atoms with Gasteiger partial charge in [-0.3, -0.25) is 4.79 Å². The number of halogens is 1. The van der Waals surface area contributed by atoms with E-state index in [9.17, 15) is 9.59 Å². The van der Waals surface area contributed by atoms with Gasteiger partial charge in [0.15, 0.2) is 5.69 Å². The van der Waals surface area contributed by atoms with Crippen molar-refractivity contribution < 1.29 is 19.1 Å². The van der Waals surface area contributed by atoms with E-state index in [0.717, 1.165) is 11.3 Å². The monoisotopic (exact) mass is 456 g/mol. The Kier molecular flexibility index (Phi) is 6.62. The van der Waals surface area contributed by atoms with Gasteiger partial charge >= 0.3 is 5.97 Å². The van der Waals surface area contributed by atoms with Crippen LogP contribution in [0.3, 0.4) is 0 Å². The van der Waals surface area contributed by atoms with Crippen LogP contribution in [-0.4, -0.2) is 41.8 Å². The van der Waals surface area contributed by atoms with E-state index in [4.69, 9.17) is 21.1 Å². The highest BCUT2D eigenvalue weighted by atomic mass is 35.5. The van der Waals surface area contributed by atoms with Crippen molar-refractivity contribution in [2.75, 3.05) is 31.0 Å². The standard InChI is InChI=1S/C23H25ClN4O4/c1-3-28-20(23(30)31-2)19(27-22(29)15-8-9-32-13-15)17-10-16(12-26-21(17)28)25-11-14-6-4-5-7-18(14)24/h4-7,10,12,15,25H,3,8-9,11,13H2,1-2H3,(H,27,29). The van der Waals surface area contributed by atoms with Crippen LogP contribution in [0, 0.1) is 5.92 Å². The lowest BCUT2D eigenvalue weighted by atomic mass is 10.1. The second-order valence-electron chi connectivity index (χ2n) is 7.55. The molecular formula is C23H25ClN4O4. The number of methoxy groups -OCH3 is 1. The number of pyridine rings is 1. The van der Waals surface area contributed by atoms with Gasteiger partial charge in [0.2, 0.25) is 5.91 Å². The topological polar surface area (TPSA) is 94.5 Å². The van der Waals surface area contributed by atoms with Crippen molar-refractivity contribution in [1.82, 2.24) is 9.55 Å². The quantitative estimate of drug-likeness (QED) is 0.520. The second-order valence-corrected chi connectivity index (χ2v) is 7.96. The average molecular weight is 457 g/mol. The highest BCUT2D eigenvalue weighted by Crippen LogP contribution is 2.33. The number of carbonyl (C=O) groups excluding carboxylic acids is 2. The number of hydrogen-bond acceptors (Lipinski definition) is 6. The molecule has 32 heavy (non-hydrogen) atoms. The van der Waals surface area contributed by atoms with E-state index >= 15 is 0 Å². The van der Waals surface area contributed by atoms with Gasteiger partial charge in [-0.15, -0.1) is 0 Å². The Labute approximate surface area is 190 Å². The molecule has 1 saturated heterocycles. The fourth-order valence-corrected chi connectivity index (χ4v) is 4.07. The zero-order valence-corrected chi connectivity index (χ0v) is 18.7. The summed E-state index contributed by atoms with van der Waals surface area (Å²) in [7, 11) is 1.32. The van der Waals surface area contributed by atoms with Gasteiger partial charge in [-0.25, -0.2) is 9.78 Å². The van der Waals surface area contributed by atoms with Gasteiger partial charge in [-0.2, -0.15) is 0 Å². The molecule has 3 heterocycles. The summed E-state index contributed by atoms with van der Waals surface area (Å²) in [6.45, 7) is 3.83. The molecule has 1 aliphatic rings. The lowest BCUT2D eigenvalue weighted by Crippen LogP contribution is -2.24. The highest BCUT2D eigenvalue weighted by molar-refractivity contribution is 6.31. The molecule has 1 aromatic carbocycles. The predicted octanol–water partition coefficient (Wildman–Crippen LogP) is 4.08. The number of esters is 1. The third-order valence-corrected chi connectivity index (χ3v) is 5.95. The summed E-state index contributed by atoms with van der Waals surface area (Å²) in [6, 6.07) is 9.46. The molecule has 8 nitrogen and oxygen atoms in total. The van der Waals surface area contributed by atoms with E-state index in [1.165, 1.54) is 7.11 Å². The Balaban J connectivity index is 1.73. The summed E-state index contributed by atoms with van der Waals surface area (Å²) in [6.07, 6.45) is 2.34. The van der Waals surface area contributed by atoms with Crippen molar-refractivity contribution in [3.05, 3.63) is 52.8 Å². The van der Waals surface area contributed by atoms with Crippen LogP contribution in [0.4, 0.5) is 11.4 Å². The maximum Gasteiger partial charge on any atom is 0.356 e. The van der Waals surface area contributed by atoms with E-state index in [2.05, 4.69) is 15.6 Å². The van der Waals surface area contributed by atoms with Crippen LogP contribution in [0.1, 0.15) is 29.4 Å². The average Bonchev–Trinajstić information content (AvgIpc) is 3.45. The lowest BCUT2D eigenvalue weighted by Gasteiger charge is -2.11. The summed E-state index contributed by atoms with van der Waals surface area (Å²) in [4.78, 5) is 30.1. The molecule has 4 rings (SSSR count). The van der Waals surface area contributed by atoms with Gasteiger partial charge < -0.3 is 24.7 Å². The molecule has 2 N–H and O–H groups in total. The molecule has 1 unspecified atom stereocenters. The number of nitrogens with zero attached hydrogens (tertiary/aromatic N) is 2. The van der Waals surface area contributed by atoms with Crippen LogP contribution in [0.5, 0.6) is 0 Å². The number of rotatable bonds is 7. The Morgan fingerprint density at radius 2 is 2.16 bits per heavy atom. The Hall–Kier alpha value is -3.10. The van der Waals surface area contributed by atoms with Crippen molar-refractivity contribution in [2.24, 2.45) is 5.92 Å². The summed E-state index contributed by atoms with van der Waals surface area (Å²) < 4.78 is 12.1. The number of aromatic nitrogens is 2. The number of carbonyl (C=O) groups is 2. The molecule has 1 atom stereocenters. The highest BCUT2D eigenvalue weighted by Gasteiger charge is 2.29. The van der Waals surface area contributed by atoms with E-state index in [1.54, 1.807) is 10.8 Å². The number of amides is 1. The van der Waals surface area contributed by atoms with Crippen molar-refractivity contribution >= 4 is 45.9 Å². The lowest BCUT2D eigenvalue weighted by molar-refractivity contribution is -0.119. The smallest absolute Gasteiger partial charge is 0.356 e. The van der Waals surface area contributed by atoms with Crippen molar-refractivity contribution in [3.63, 3.8) is 0 Å². The van der Waals surface area contributed by atoms with Crippen LogP contribution < -0.4 is 10.6 Å². The minimum Gasteiger partial charge on any atom is -0.464 e. The van der Waals surface area contributed by atoms with Crippen LogP contribution in [0.15, 0.2) is 36.5 Å². The minimum atomic E-state index is -0.534. The molecule has 3 aromatic rings. The third kappa shape index (κ3) is 4.28. The van der Waals surface area contributed by atoms with Crippen molar-refractivity contribution in [3.8, 4) is 0 Å². The molecule has 0 spiro atoms. The summed E-state index contributed by atoms with van der Waals surface area (Å²) >= 11 is 6.26. The Morgan fingerprint density at radius 3 is 2.84 bits per heavy atom. The Morgan fingerprint density at radius 1 is 1.34 bits per heavy atom. The molecule has 0 radical (unpaired) electrons. The zero-order chi connectivity index (χ0) is 22.7. The van der Waals surface area contributed by atoms with Gasteiger partial charge in [0.25, 0.3) is 0 Å². The van der Waals surface area contributed by atoms with Crippen LogP contribution in [0.25, 0.3) is 11.0 Å². The van der Waals surface area contributed by atoms with Gasteiger partial charge in [0.1, 0.15) is 5.65 Å². The zero-order valence-electron chi connectivity index (χ0n) is 18.0. The molecule has 2 aromatic heterocycles. The fraction of sp³-hybridized carbons (Fsp3) is 0.348. The van der Waals surface area contributed by atoms with Crippen molar-refractivity contribution in [1.29, 1.82) is 0 Å².